The van der Waals surface area contributed by atoms with Gasteiger partial charge in [-0.2, -0.15) is 0 Å². The van der Waals surface area contributed by atoms with Crippen molar-refractivity contribution in [1.82, 2.24) is 4.90 Å². The molecule has 0 aliphatic rings. The maximum atomic E-state index is 3.88. The van der Waals surface area contributed by atoms with Crippen LogP contribution in [0, 0.1) is 0 Å². The van der Waals surface area contributed by atoms with Crippen molar-refractivity contribution in [2.24, 2.45) is 0 Å². The van der Waals surface area contributed by atoms with Crippen LogP contribution in [0.3, 0.4) is 0 Å². The van der Waals surface area contributed by atoms with E-state index in [2.05, 4.69) is 51.3 Å². The lowest BCUT2D eigenvalue weighted by Crippen LogP contribution is -2.22. The number of hydrogen-bond donors (Lipinski definition) is 0. The first kappa shape index (κ1) is 14.0. The molecule has 0 aromatic carbocycles. The molecule has 0 fully saturated rings. The van der Waals surface area contributed by atoms with Gasteiger partial charge in [-0.25, -0.2) is 0 Å². The lowest BCUT2D eigenvalue weighted by molar-refractivity contribution is 0.374. The van der Waals surface area contributed by atoms with Gasteiger partial charge in [-0.1, -0.05) is 32.1 Å². The Morgan fingerprint density at radius 2 is 1.87 bits per heavy atom. The summed E-state index contributed by atoms with van der Waals surface area (Å²) in [6, 6.07) is 0. The third-order valence-electron chi connectivity index (χ3n) is 2.55. The Balaban J connectivity index is 4.63. The quantitative estimate of drug-likeness (QED) is 0.567. The Morgan fingerprint density at radius 3 is 2.27 bits per heavy atom. The molecule has 0 aromatic heterocycles. The molecule has 0 aromatic rings. The minimum Gasteiger partial charge on any atom is -0.372 e. The smallest absolute Gasteiger partial charge is 0.0360 e. The molecule has 1 heteroatoms. The van der Waals surface area contributed by atoms with Crippen LogP contribution in [0.1, 0.15) is 40.5 Å². The van der Waals surface area contributed by atoms with Crippen molar-refractivity contribution in [1.29, 1.82) is 0 Å². The Bertz CT molecular complexity index is 236. The molecule has 0 saturated carbocycles. The van der Waals surface area contributed by atoms with Crippen LogP contribution in [0.5, 0.6) is 0 Å². The van der Waals surface area contributed by atoms with E-state index in [0.717, 1.165) is 19.5 Å². The largest absolute Gasteiger partial charge is 0.372 e. The van der Waals surface area contributed by atoms with E-state index in [4.69, 9.17) is 0 Å². The molecule has 0 aliphatic heterocycles. The van der Waals surface area contributed by atoms with Crippen molar-refractivity contribution in [3.8, 4) is 0 Å². The summed E-state index contributed by atoms with van der Waals surface area (Å²) in [5.74, 6) is 0. The molecule has 0 unspecified atom stereocenters. The average molecular weight is 207 g/mol. The van der Waals surface area contributed by atoms with Gasteiger partial charge in [0.1, 0.15) is 0 Å². The molecule has 0 atom stereocenters. The van der Waals surface area contributed by atoms with E-state index in [1.807, 2.05) is 6.08 Å². The first-order chi connectivity index (χ1) is 7.19. The van der Waals surface area contributed by atoms with Crippen molar-refractivity contribution in [2.45, 2.75) is 40.5 Å². The van der Waals surface area contributed by atoms with E-state index in [0.29, 0.717) is 0 Å². The molecule has 0 amide bonds. The lowest BCUT2D eigenvalue weighted by Gasteiger charge is -2.23. The average Bonchev–Trinajstić information content (AvgIpc) is 2.27. The highest BCUT2D eigenvalue weighted by atomic mass is 15.1. The molecule has 0 rings (SSSR count). The molecule has 0 saturated heterocycles. The van der Waals surface area contributed by atoms with Gasteiger partial charge in [0, 0.05) is 18.8 Å². The summed E-state index contributed by atoms with van der Waals surface area (Å²) >= 11 is 0. The van der Waals surface area contributed by atoms with Crippen molar-refractivity contribution < 1.29 is 0 Å². The molecule has 0 heterocycles. The summed E-state index contributed by atoms with van der Waals surface area (Å²) in [4.78, 5) is 2.35. The van der Waals surface area contributed by atoms with Crippen molar-refractivity contribution >= 4 is 0 Å². The summed E-state index contributed by atoms with van der Waals surface area (Å²) in [5.41, 5.74) is 2.63. The third-order valence-corrected chi connectivity index (χ3v) is 2.55. The highest BCUT2D eigenvalue weighted by Gasteiger charge is 2.01. The highest BCUT2D eigenvalue weighted by Crippen LogP contribution is 2.08. The molecule has 0 N–H and O–H groups in total. The van der Waals surface area contributed by atoms with E-state index < -0.39 is 0 Å². The summed E-state index contributed by atoms with van der Waals surface area (Å²) in [6.45, 7) is 14.8. The Morgan fingerprint density at radius 1 is 1.20 bits per heavy atom. The zero-order valence-corrected chi connectivity index (χ0v) is 10.7. The minimum absolute atomic E-state index is 1.05. The Labute approximate surface area is 95.2 Å². The fraction of sp³-hybridized carbons (Fsp3) is 0.571. The summed E-state index contributed by atoms with van der Waals surface area (Å²) in [5, 5.41) is 0. The minimum atomic E-state index is 1.05. The Hall–Kier alpha value is -0.980. The van der Waals surface area contributed by atoms with Crippen LogP contribution in [-0.2, 0) is 0 Å². The fourth-order valence-corrected chi connectivity index (χ4v) is 1.39. The molecule has 15 heavy (non-hydrogen) atoms. The predicted octanol–water partition coefficient (Wildman–Crippen LogP) is 4.14. The standard InChI is InChI=1S/C14H25N/c1-6-12-15(9-4)14(8-3)11-10-13(5)7-2/h8,10-11H,3,6-7,9,12H2,1-2,4-5H3/b13-10-,14-11+. The second-order valence-electron chi connectivity index (χ2n) is 3.74. The SMILES string of the molecule is C=C/C(=C\C=C(\C)CC)N(CC)CCC. The van der Waals surface area contributed by atoms with Crippen LogP contribution >= 0.6 is 0 Å². The fourth-order valence-electron chi connectivity index (χ4n) is 1.39. The highest BCUT2D eigenvalue weighted by molar-refractivity contribution is 5.23. The van der Waals surface area contributed by atoms with Crippen molar-refractivity contribution in [3.05, 3.63) is 36.1 Å². The first-order valence-corrected chi connectivity index (χ1v) is 5.94. The normalized spacial score (nSPS) is 12.8. The van der Waals surface area contributed by atoms with E-state index >= 15 is 0 Å². The molecule has 0 radical (unpaired) electrons. The van der Waals surface area contributed by atoms with E-state index in [1.54, 1.807) is 0 Å². The molecule has 86 valence electrons. The summed E-state index contributed by atoms with van der Waals surface area (Å²) in [7, 11) is 0. The van der Waals surface area contributed by atoms with Crippen molar-refractivity contribution in [3.63, 3.8) is 0 Å². The maximum Gasteiger partial charge on any atom is 0.0360 e. The van der Waals surface area contributed by atoms with Gasteiger partial charge in [0.25, 0.3) is 0 Å². The van der Waals surface area contributed by atoms with E-state index in [1.165, 1.54) is 17.7 Å². The van der Waals surface area contributed by atoms with E-state index in [9.17, 15) is 0 Å². The Kier molecular flexibility index (Phi) is 7.79. The van der Waals surface area contributed by atoms with Gasteiger partial charge in [-0.05, 0) is 38.8 Å². The third kappa shape index (κ3) is 5.46. The predicted molar refractivity (Wildman–Crippen MR) is 69.9 cm³/mol. The van der Waals surface area contributed by atoms with Gasteiger partial charge in [0.15, 0.2) is 0 Å². The van der Waals surface area contributed by atoms with Crippen molar-refractivity contribution in [2.75, 3.05) is 13.1 Å². The molecule has 0 bridgehead atoms. The number of hydrogen-bond acceptors (Lipinski definition) is 1. The van der Waals surface area contributed by atoms with Gasteiger partial charge in [-0.3, -0.25) is 0 Å². The van der Waals surface area contributed by atoms with Gasteiger partial charge >= 0.3 is 0 Å². The van der Waals surface area contributed by atoms with Crippen LogP contribution in [0.15, 0.2) is 36.1 Å². The zero-order valence-electron chi connectivity index (χ0n) is 10.7. The van der Waals surface area contributed by atoms with Gasteiger partial charge in [0.05, 0.1) is 0 Å². The van der Waals surface area contributed by atoms with Crippen LogP contribution in [0.2, 0.25) is 0 Å². The second kappa shape index (κ2) is 8.34. The maximum absolute atomic E-state index is 3.88. The molecule has 0 spiro atoms. The van der Waals surface area contributed by atoms with Crippen LogP contribution in [0.4, 0.5) is 0 Å². The number of rotatable bonds is 7. The van der Waals surface area contributed by atoms with Gasteiger partial charge in [-0.15, -0.1) is 0 Å². The summed E-state index contributed by atoms with van der Waals surface area (Å²) in [6.07, 6.45) is 8.59. The van der Waals surface area contributed by atoms with Gasteiger partial charge < -0.3 is 4.90 Å². The molecule has 0 aliphatic carbocycles. The molecular weight excluding hydrogens is 182 g/mol. The van der Waals surface area contributed by atoms with E-state index in [-0.39, 0.29) is 0 Å². The van der Waals surface area contributed by atoms with Crippen LogP contribution in [0.25, 0.3) is 0 Å². The molecular formula is C14H25N. The second-order valence-corrected chi connectivity index (χ2v) is 3.74. The van der Waals surface area contributed by atoms with Gasteiger partial charge in [0.2, 0.25) is 0 Å². The topological polar surface area (TPSA) is 3.24 Å². The number of likely N-dealkylation sites (N-methyl/N-ethyl adjacent to an activating group) is 1. The summed E-state index contributed by atoms with van der Waals surface area (Å²) < 4.78 is 0. The number of allylic oxidation sites excluding steroid dienone is 4. The van der Waals surface area contributed by atoms with Crippen LogP contribution in [-0.4, -0.2) is 18.0 Å². The molecule has 1 nitrogen and oxygen atoms in total. The first-order valence-electron chi connectivity index (χ1n) is 5.94. The lowest BCUT2D eigenvalue weighted by atomic mass is 10.2. The monoisotopic (exact) mass is 207 g/mol. The van der Waals surface area contributed by atoms with Crippen LogP contribution < -0.4 is 0 Å². The number of nitrogens with zero attached hydrogens (tertiary/aromatic N) is 1. The zero-order chi connectivity index (χ0) is 11.7.